The molecule has 2 fully saturated rings. The lowest BCUT2D eigenvalue weighted by Gasteiger charge is -2.21. The predicted octanol–water partition coefficient (Wildman–Crippen LogP) is 3.24. The molecule has 1 N–H and O–H groups in total. The highest BCUT2D eigenvalue weighted by Gasteiger charge is 2.39. The number of fused-ring (bicyclic) bond motifs is 2. The highest BCUT2D eigenvalue weighted by Crippen LogP contribution is 2.48. The maximum absolute atomic E-state index is 8.68. The Morgan fingerprint density at radius 1 is 1.15 bits per heavy atom. The zero-order valence-corrected chi connectivity index (χ0v) is 11.8. The van der Waals surface area contributed by atoms with Gasteiger partial charge in [-0.3, -0.25) is 0 Å². The summed E-state index contributed by atoms with van der Waals surface area (Å²) in [6.07, 6.45) is 6.20. The molecule has 1 aromatic carbocycles. The van der Waals surface area contributed by atoms with Crippen LogP contribution in [-0.4, -0.2) is 18.3 Å². The molecule has 3 unspecified atom stereocenters. The van der Waals surface area contributed by atoms with E-state index in [1.54, 1.807) is 0 Å². The molecule has 0 heterocycles. The maximum Gasteiger partial charge on any atom is 0.119 e. The standard InChI is InChI=1S/C18H22O2/c19-10-2-1-3-14-5-8-18(9-6-14)20-13-17-12-15-4-7-16(17)11-15/h5-6,8-9,15-17,19H,2,4,7,10-13H2. The van der Waals surface area contributed by atoms with Crippen molar-refractivity contribution in [2.45, 2.75) is 32.1 Å². The molecule has 2 aliphatic carbocycles. The number of rotatable bonds is 4. The first-order valence-electron chi connectivity index (χ1n) is 7.68. The second-order valence-electron chi connectivity index (χ2n) is 6.05. The Labute approximate surface area is 121 Å². The topological polar surface area (TPSA) is 29.5 Å². The van der Waals surface area contributed by atoms with Crippen LogP contribution in [0.15, 0.2) is 24.3 Å². The number of ether oxygens (including phenoxy) is 1. The van der Waals surface area contributed by atoms with Gasteiger partial charge in [-0.1, -0.05) is 18.3 Å². The molecule has 3 atom stereocenters. The molecule has 20 heavy (non-hydrogen) atoms. The molecule has 106 valence electrons. The van der Waals surface area contributed by atoms with Gasteiger partial charge >= 0.3 is 0 Å². The van der Waals surface area contributed by atoms with Crippen LogP contribution in [-0.2, 0) is 0 Å². The third-order valence-corrected chi connectivity index (χ3v) is 4.67. The van der Waals surface area contributed by atoms with Crippen LogP contribution in [0.5, 0.6) is 5.75 Å². The first-order chi connectivity index (χ1) is 9.85. The molecule has 2 saturated carbocycles. The molecule has 2 heteroatoms. The van der Waals surface area contributed by atoms with Crippen molar-refractivity contribution in [1.29, 1.82) is 0 Å². The van der Waals surface area contributed by atoms with E-state index >= 15 is 0 Å². The molecular weight excluding hydrogens is 248 g/mol. The lowest BCUT2D eigenvalue weighted by molar-refractivity contribution is 0.195. The van der Waals surface area contributed by atoms with E-state index < -0.39 is 0 Å². The minimum Gasteiger partial charge on any atom is -0.493 e. The van der Waals surface area contributed by atoms with Crippen LogP contribution < -0.4 is 4.74 Å². The number of aliphatic hydroxyl groups excluding tert-OH is 1. The van der Waals surface area contributed by atoms with Gasteiger partial charge in [-0.2, -0.15) is 0 Å². The predicted molar refractivity (Wildman–Crippen MR) is 79.5 cm³/mol. The SMILES string of the molecule is OCCC#Cc1ccc(OCC2CC3CCC2C3)cc1. The number of aliphatic hydroxyl groups is 1. The molecule has 2 aliphatic rings. The molecule has 0 spiro atoms. The van der Waals surface area contributed by atoms with Gasteiger partial charge < -0.3 is 9.84 Å². The largest absolute Gasteiger partial charge is 0.493 e. The van der Waals surface area contributed by atoms with Gasteiger partial charge in [0.2, 0.25) is 0 Å². The summed E-state index contributed by atoms with van der Waals surface area (Å²) < 4.78 is 5.94. The first-order valence-corrected chi connectivity index (χ1v) is 7.68. The van der Waals surface area contributed by atoms with Gasteiger partial charge in [-0.15, -0.1) is 0 Å². The fourth-order valence-electron chi connectivity index (χ4n) is 3.64. The zero-order chi connectivity index (χ0) is 13.8. The lowest BCUT2D eigenvalue weighted by Crippen LogP contribution is -2.18. The quantitative estimate of drug-likeness (QED) is 0.851. The van der Waals surface area contributed by atoms with Crippen LogP contribution in [0.1, 0.15) is 37.7 Å². The van der Waals surface area contributed by atoms with Crippen LogP contribution in [0.2, 0.25) is 0 Å². The van der Waals surface area contributed by atoms with E-state index in [0.717, 1.165) is 35.7 Å². The Morgan fingerprint density at radius 2 is 2.00 bits per heavy atom. The van der Waals surface area contributed by atoms with E-state index in [4.69, 9.17) is 9.84 Å². The van der Waals surface area contributed by atoms with Crippen molar-refractivity contribution in [3.63, 3.8) is 0 Å². The van der Waals surface area contributed by atoms with Gasteiger partial charge in [0.25, 0.3) is 0 Å². The van der Waals surface area contributed by atoms with E-state index in [1.165, 1.54) is 25.7 Å². The second kappa shape index (κ2) is 6.33. The van der Waals surface area contributed by atoms with Crippen LogP contribution in [0, 0.1) is 29.6 Å². The summed E-state index contributed by atoms with van der Waals surface area (Å²) in [6, 6.07) is 7.97. The van der Waals surface area contributed by atoms with Gasteiger partial charge in [0.15, 0.2) is 0 Å². The molecule has 0 amide bonds. The average Bonchev–Trinajstić information content (AvgIpc) is 3.09. The molecule has 0 saturated heterocycles. The van der Waals surface area contributed by atoms with E-state index in [9.17, 15) is 0 Å². The zero-order valence-electron chi connectivity index (χ0n) is 11.8. The minimum atomic E-state index is 0.123. The second-order valence-corrected chi connectivity index (χ2v) is 6.05. The van der Waals surface area contributed by atoms with E-state index in [-0.39, 0.29) is 6.61 Å². The van der Waals surface area contributed by atoms with Crippen molar-refractivity contribution in [2.75, 3.05) is 13.2 Å². The fraction of sp³-hybridized carbons (Fsp3) is 0.556. The third-order valence-electron chi connectivity index (χ3n) is 4.67. The van der Waals surface area contributed by atoms with Gasteiger partial charge in [0, 0.05) is 12.0 Å². The van der Waals surface area contributed by atoms with E-state index in [0.29, 0.717) is 6.42 Å². The fourth-order valence-corrected chi connectivity index (χ4v) is 3.64. The smallest absolute Gasteiger partial charge is 0.119 e. The van der Waals surface area contributed by atoms with Gasteiger partial charge in [-0.05, 0) is 61.3 Å². The Bertz CT molecular complexity index is 494. The summed E-state index contributed by atoms with van der Waals surface area (Å²) in [5, 5.41) is 8.68. The molecule has 2 bridgehead atoms. The Morgan fingerprint density at radius 3 is 2.65 bits per heavy atom. The number of hydrogen-bond donors (Lipinski definition) is 1. The molecule has 3 rings (SSSR count). The van der Waals surface area contributed by atoms with Crippen LogP contribution in [0.25, 0.3) is 0 Å². The van der Waals surface area contributed by atoms with Gasteiger partial charge in [0.1, 0.15) is 5.75 Å². The Kier molecular flexibility index (Phi) is 4.28. The third kappa shape index (κ3) is 3.16. The van der Waals surface area contributed by atoms with Crippen molar-refractivity contribution in [2.24, 2.45) is 17.8 Å². The summed E-state index contributed by atoms with van der Waals surface area (Å²) >= 11 is 0. The van der Waals surface area contributed by atoms with Gasteiger partial charge in [0.05, 0.1) is 13.2 Å². The van der Waals surface area contributed by atoms with Crippen molar-refractivity contribution in [3.05, 3.63) is 29.8 Å². The Balaban J connectivity index is 1.50. The van der Waals surface area contributed by atoms with Crippen molar-refractivity contribution in [3.8, 4) is 17.6 Å². The number of benzene rings is 1. The monoisotopic (exact) mass is 270 g/mol. The minimum absolute atomic E-state index is 0.123. The highest BCUT2D eigenvalue weighted by atomic mass is 16.5. The maximum atomic E-state index is 8.68. The molecule has 0 aliphatic heterocycles. The first kappa shape index (κ1) is 13.5. The summed E-state index contributed by atoms with van der Waals surface area (Å²) in [6.45, 7) is 0.994. The summed E-state index contributed by atoms with van der Waals surface area (Å²) in [5.74, 6) is 9.58. The summed E-state index contributed by atoms with van der Waals surface area (Å²) in [4.78, 5) is 0. The van der Waals surface area contributed by atoms with Crippen molar-refractivity contribution < 1.29 is 9.84 Å². The molecule has 1 aromatic rings. The molecule has 0 aromatic heterocycles. The Hall–Kier alpha value is -1.46. The summed E-state index contributed by atoms with van der Waals surface area (Å²) in [5.41, 5.74) is 0.978. The summed E-state index contributed by atoms with van der Waals surface area (Å²) in [7, 11) is 0. The van der Waals surface area contributed by atoms with Crippen molar-refractivity contribution in [1.82, 2.24) is 0 Å². The van der Waals surface area contributed by atoms with E-state index in [2.05, 4.69) is 11.8 Å². The lowest BCUT2D eigenvalue weighted by atomic mass is 9.89. The number of hydrogen-bond acceptors (Lipinski definition) is 2. The average molecular weight is 270 g/mol. The van der Waals surface area contributed by atoms with Gasteiger partial charge in [-0.25, -0.2) is 0 Å². The van der Waals surface area contributed by atoms with Crippen LogP contribution in [0.3, 0.4) is 0 Å². The normalized spacial score (nSPS) is 27.1. The van der Waals surface area contributed by atoms with Crippen molar-refractivity contribution >= 4 is 0 Å². The molecule has 2 nitrogen and oxygen atoms in total. The van der Waals surface area contributed by atoms with E-state index in [1.807, 2.05) is 24.3 Å². The van der Waals surface area contributed by atoms with Crippen LogP contribution >= 0.6 is 0 Å². The molecular formula is C18H22O2. The highest BCUT2D eigenvalue weighted by molar-refractivity contribution is 5.38. The molecule has 0 radical (unpaired) electrons. The van der Waals surface area contributed by atoms with Crippen LogP contribution in [0.4, 0.5) is 0 Å².